The molecule has 132 valence electrons. The smallest absolute Gasteiger partial charge is 0.339 e. The number of methoxy groups -OCH3 is 2. The molecule has 1 heterocycles. The minimum atomic E-state index is -0.600. The largest absolute Gasteiger partial charge is 0.493 e. The van der Waals surface area contributed by atoms with Gasteiger partial charge in [-0.3, -0.25) is 0 Å². The minimum Gasteiger partial charge on any atom is -0.493 e. The van der Waals surface area contributed by atoms with Crippen molar-refractivity contribution in [1.29, 1.82) is 0 Å². The first-order chi connectivity index (χ1) is 12.2. The lowest BCUT2D eigenvalue weighted by Gasteiger charge is -2.37. The zero-order chi connectivity index (χ0) is 17.7. The van der Waals surface area contributed by atoms with Crippen LogP contribution in [0.3, 0.4) is 0 Å². The fraction of sp³-hybridized carbons (Fsp3) is 0.350. The summed E-state index contributed by atoms with van der Waals surface area (Å²) in [6.45, 7) is 1.63. The van der Waals surface area contributed by atoms with Crippen LogP contribution in [0.2, 0.25) is 0 Å². The highest BCUT2D eigenvalue weighted by Crippen LogP contribution is 2.36. The molecule has 1 N–H and O–H groups in total. The van der Waals surface area contributed by atoms with Crippen LogP contribution in [0.1, 0.15) is 28.8 Å². The number of nitrogens with one attached hydrogen (secondary N) is 1. The van der Waals surface area contributed by atoms with E-state index >= 15 is 0 Å². The molecule has 0 aromatic heterocycles. The highest BCUT2D eigenvalue weighted by atomic mass is 16.6. The third-order valence-electron chi connectivity index (χ3n) is 4.62. The molecule has 0 bridgehead atoms. The second-order valence-corrected chi connectivity index (χ2v) is 6.07. The molecule has 0 aliphatic carbocycles. The van der Waals surface area contributed by atoms with Gasteiger partial charge in [-0.1, -0.05) is 30.3 Å². The Labute approximate surface area is 147 Å². The maximum absolute atomic E-state index is 12.8. The second kappa shape index (κ2) is 7.57. The molecule has 1 saturated heterocycles. The van der Waals surface area contributed by atoms with E-state index in [9.17, 15) is 4.79 Å². The summed E-state index contributed by atoms with van der Waals surface area (Å²) in [5.74, 6) is 0.737. The molecule has 1 fully saturated rings. The molecular formula is C20H23NO4. The first-order valence-corrected chi connectivity index (χ1v) is 8.40. The molecule has 2 aromatic rings. The Morgan fingerprint density at radius 2 is 1.64 bits per heavy atom. The van der Waals surface area contributed by atoms with Gasteiger partial charge in [-0.15, -0.1) is 0 Å². The van der Waals surface area contributed by atoms with Crippen molar-refractivity contribution < 1.29 is 19.0 Å². The first kappa shape index (κ1) is 17.3. The van der Waals surface area contributed by atoms with E-state index in [2.05, 4.69) is 5.32 Å². The number of esters is 1. The van der Waals surface area contributed by atoms with Crippen LogP contribution in [0.25, 0.3) is 0 Å². The van der Waals surface area contributed by atoms with Gasteiger partial charge < -0.3 is 19.5 Å². The number of piperidine rings is 1. The third kappa shape index (κ3) is 3.61. The monoisotopic (exact) mass is 341 g/mol. The number of rotatable bonds is 5. The topological polar surface area (TPSA) is 56.8 Å². The Morgan fingerprint density at radius 3 is 2.28 bits per heavy atom. The van der Waals surface area contributed by atoms with Gasteiger partial charge in [0.1, 0.15) is 5.60 Å². The van der Waals surface area contributed by atoms with Crippen molar-refractivity contribution in [3.8, 4) is 11.5 Å². The SMILES string of the molecule is COc1ccc(C(=O)OC2(c3ccccc3)CCNCC2)cc1OC. The summed E-state index contributed by atoms with van der Waals surface area (Å²) in [7, 11) is 3.11. The molecule has 0 unspecified atom stereocenters. The fourth-order valence-electron chi connectivity index (χ4n) is 3.22. The summed E-state index contributed by atoms with van der Waals surface area (Å²) in [5.41, 5.74) is 0.883. The standard InChI is InChI=1S/C20H23NO4/c1-23-17-9-8-15(14-18(17)24-2)19(22)25-20(10-12-21-13-11-20)16-6-4-3-5-7-16/h3-9,14,21H,10-13H2,1-2H3. The quantitative estimate of drug-likeness (QED) is 0.847. The van der Waals surface area contributed by atoms with Gasteiger partial charge in [0, 0.05) is 12.8 Å². The predicted octanol–water partition coefficient (Wildman–Crippen LogP) is 3.14. The fourth-order valence-corrected chi connectivity index (χ4v) is 3.22. The maximum Gasteiger partial charge on any atom is 0.339 e. The van der Waals surface area contributed by atoms with Gasteiger partial charge >= 0.3 is 5.97 Å². The number of benzene rings is 2. The van der Waals surface area contributed by atoms with Crippen LogP contribution >= 0.6 is 0 Å². The Bertz CT molecular complexity index is 724. The van der Waals surface area contributed by atoms with E-state index in [1.54, 1.807) is 32.4 Å². The number of carbonyl (C=O) groups excluding carboxylic acids is 1. The lowest BCUT2D eigenvalue weighted by Crippen LogP contribution is -2.43. The number of ether oxygens (including phenoxy) is 3. The van der Waals surface area contributed by atoms with Crippen LogP contribution < -0.4 is 14.8 Å². The van der Waals surface area contributed by atoms with E-state index in [4.69, 9.17) is 14.2 Å². The molecule has 1 aliphatic heterocycles. The van der Waals surface area contributed by atoms with Crippen molar-refractivity contribution in [2.45, 2.75) is 18.4 Å². The highest BCUT2D eigenvalue weighted by molar-refractivity contribution is 5.90. The van der Waals surface area contributed by atoms with Crippen molar-refractivity contribution in [3.63, 3.8) is 0 Å². The van der Waals surface area contributed by atoms with E-state index < -0.39 is 5.60 Å². The van der Waals surface area contributed by atoms with Crippen LogP contribution in [0.4, 0.5) is 0 Å². The zero-order valence-corrected chi connectivity index (χ0v) is 14.6. The number of carbonyl (C=O) groups is 1. The molecule has 0 saturated carbocycles. The van der Waals surface area contributed by atoms with Crippen molar-refractivity contribution in [3.05, 3.63) is 59.7 Å². The van der Waals surface area contributed by atoms with E-state index in [-0.39, 0.29) is 5.97 Å². The Morgan fingerprint density at radius 1 is 0.960 bits per heavy atom. The Kier molecular flexibility index (Phi) is 5.24. The van der Waals surface area contributed by atoms with Crippen LogP contribution in [0, 0.1) is 0 Å². The zero-order valence-electron chi connectivity index (χ0n) is 14.6. The van der Waals surface area contributed by atoms with Gasteiger partial charge in [-0.2, -0.15) is 0 Å². The second-order valence-electron chi connectivity index (χ2n) is 6.07. The molecule has 5 heteroatoms. The lowest BCUT2D eigenvalue weighted by atomic mass is 9.84. The molecular weight excluding hydrogens is 318 g/mol. The van der Waals surface area contributed by atoms with Crippen molar-refractivity contribution in [2.75, 3.05) is 27.3 Å². The summed E-state index contributed by atoms with van der Waals surface area (Å²) < 4.78 is 16.6. The molecule has 1 aliphatic rings. The van der Waals surface area contributed by atoms with Gasteiger partial charge in [-0.05, 0) is 36.9 Å². The molecule has 5 nitrogen and oxygen atoms in total. The minimum absolute atomic E-state index is 0.355. The van der Waals surface area contributed by atoms with E-state index in [0.717, 1.165) is 31.5 Å². The average Bonchev–Trinajstić information content (AvgIpc) is 2.68. The molecule has 0 radical (unpaired) electrons. The van der Waals surface area contributed by atoms with Gasteiger partial charge in [0.05, 0.1) is 19.8 Å². The van der Waals surface area contributed by atoms with Crippen LogP contribution in [0.5, 0.6) is 11.5 Å². The molecule has 0 atom stereocenters. The molecule has 2 aromatic carbocycles. The molecule has 25 heavy (non-hydrogen) atoms. The number of hydrogen-bond acceptors (Lipinski definition) is 5. The number of hydrogen-bond donors (Lipinski definition) is 1. The van der Waals surface area contributed by atoms with Gasteiger partial charge in [-0.25, -0.2) is 4.79 Å². The molecule has 3 rings (SSSR count). The lowest BCUT2D eigenvalue weighted by molar-refractivity contribution is -0.0378. The Balaban J connectivity index is 1.88. The van der Waals surface area contributed by atoms with E-state index in [1.165, 1.54) is 0 Å². The van der Waals surface area contributed by atoms with Crippen molar-refractivity contribution >= 4 is 5.97 Å². The summed E-state index contributed by atoms with van der Waals surface area (Å²) in [5, 5.41) is 3.33. The van der Waals surface area contributed by atoms with Crippen molar-refractivity contribution in [2.24, 2.45) is 0 Å². The summed E-state index contributed by atoms with van der Waals surface area (Å²) in [4.78, 5) is 12.8. The summed E-state index contributed by atoms with van der Waals surface area (Å²) >= 11 is 0. The van der Waals surface area contributed by atoms with Crippen LogP contribution in [-0.2, 0) is 10.3 Å². The third-order valence-corrected chi connectivity index (χ3v) is 4.62. The first-order valence-electron chi connectivity index (χ1n) is 8.40. The average molecular weight is 341 g/mol. The molecule has 0 amide bonds. The van der Waals surface area contributed by atoms with Crippen LogP contribution in [-0.4, -0.2) is 33.3 Å². The summed E-state index contributed by atoms with van der Waals surface area (Å²) in [6.07, 6.45) is 1.49. The van der Waals surface area contributed by atoms with Gasteiger partial charge in [0.25, 0.3) is 0 Å². The normalized spacial score (nSPS) is 16.1. The van der Waals surface area contributed by atoms with Crippen LogP contribution in [0.15, 0.2) is 48.5 Å². The maximum atomic E-state index is 12.8. The summed E-state index contributed by atoms with van der Waals surface area (Å²) in [6, 6.07) is 15.0. The van der Waals surface area contributed by atoms with Gasteiger partial charge in [0.2, 0.25) is 0 Å². The highest BCUT2D eigenvalue weighted by Gasteiger charge is 2.38. The van der Waals surface area contributed by atoms with E-state index in [1.807, 2.05) is 30.3 Å². The predicted molar refractivity (Wildman–Crippen MR) is 95.2 cm³/mol. The van der Waals surface area contributed by atoms with Gasteiger partial charge in [0.15, 0.2) is 11.5 Å². The van der Waals surface area contributed by atoms with Crippen molar-refractivity contribution in [1.82, 2.24) is 5.32 Å². The Hall–Kier alpha value is -2.53. The van der Waals surface area contributed by atoms with E-state index in [0.29, 0.717) is 17.1 Å². The molecule has 0 spiro atoms.